The molecule has 1 amide bonds. The van der Waals surface area contributed by atoms with Gasteiger partial charge >= 0.3 is 0 Å². The highest BCUT2D eigenvalue weighted by molar-refractivity contribution is 5.46. The van der Waals surface area contributed by atoms with E-state index >= 15 is 0 Å². The first-order valence-corrected chi connectivity index (χ1v) is 4.44. The Kier molecular flexibility index (Phi) is 3.50. The molecule has 0 aliphatic heterocycles. The van der Waals surface area contributed by atoms with Crippen molar-refractivity contribution in [1.29, 1.82) is 0 Å². The van der Waals surface area contributed by atoms with Gasteiger partial charge < -0.3 is 4.90 Å². The van der Waals surface area contributed by atoms with E-state index in [0.29, 0.717) is 5.92 Å². The van der Waals surface area contributed by atoms with Crippen LogP contribution < -0.4 is 0 Å². The summed E-state index contributed by atoms with van der Waals surface area (Å²) < 4.78 is 0. The molecule has 0 aliphatic carbocycles. The molecule has 0 N–H and O–H groups in total. The zero-order valence-electron chi connectivity index (χ0n) is 8.10. The third-order valence-corrected chi connectivity index (χ3v) is 2.11. The van der Waals surface area contributed by atoms with E-state index < -0.39 is 0 Å². The van der Waals surface area contributed by atoms with E-state index in [0.717, 1.165) is 13.0 Å². The van der Waals surface area contributed by atoms with Crippen LogP contribution in [0.2, 0.25) is 0 Å². The molecule has 13 heavy (non-hydrogen) atoms. The Morgan fingerprint density at radius 1 is 1.38 bits per heavy atom. The molecule has 0 fully saturated rings. The van der Waals surface area contributed by atoms with Crippen molar-refractivity contribution in [1.82, 2.24) is 4.90 Å². The molecule has 0 aromatic heterocycles. The number of carbonyl (C=O) groups excluding carboxylic acids is 1. The Bertz CT molecular complexity index is 258. The maximum absolute atomic E-state index is 10.4. The van der Waals surface area contributed by atoms with E-state index in [1.54, 1.807) is 11.9 Å². The minimum Gasteiger partial charge on any atom is -0.348 e. The zero-order chi connectivity index (χ0) is 9.68. The van der Waals surface area contributed by atoms with Gasteiger partial charge in [0, 0.05) is 13.6 Å². The summed E-state index contributed by atoms with van der Waals surface area (Å²) in [6, 6.07) is 10.2. The lowest BCUT2D eigenvalue weighted by Gasteiger charge is -2.17. The largest absolute Gasteiger partial charge is 0.348 e. The molecule has 0 aliphatic rings. The second-order valence-corrected chi connectivity index (χ2v) is 3.36. The van der Waals surface area contributed by atoms with Gasteiger partial charge in [0.2, 0.25) is 6.41 Å². The summed E-state index contributed by atoms with van der Waals surface area (Å²) in [6.07, 6.45) is 0.861. The van der Waals surface area contributed by atoms with Crippen LogP contribution in [-0.4, -0.2) is 24.9 Å². The molecule has 1 unspecified atom stereocenters. The monoisotopic (exact) mass is 177 g/mol. The Morgan fingerprint density at radius 2 is 2.00 bits per heavy atom. The molecule has 0 saturated carbocycles. The zero-order valence-corrected chi connectivity index (χ0v) is 8.10. The minimum atomic E-state index is 0.399. The average Bonchev–Trinajstić information content (AvgIpc) is 2.19. The van der Waals surface area contributed by atoms with Gasteiger partial charge in [-0.3, -0.25) is 4.79 Å². The van der Waals surface area contributed by atoms with Gasteiger partial charge in [-0.15, -0.1) is 0 Å². The van der Waals surface area contributed by atoms with E-state index in [-0.39, 0.29) is 0 Å². The third-order valence-electron chi connectivity index (χ3n) is 2.11. The molecule has 2 nitrogen and oxygen atoms in total. The van der Waals surface area contributed by atoms with Crippen LogP contribution in [0.3, 0.4) is 0 Å². The van der Waals surface area contributed by atoms with Gasteiger partial charge in [-0.1, -0.05) is 37.3 Å². The Morgan fingerprint density at radius 3 is 2.54 bits per heavy atom. The van der Waals surface area contributed by atoms with E-state index in [1.807, 2.05) is 18.2 Å². The van der Waals surface area contributed by atoms with Crippen LogP contribution in [0.15, 0.2) is 30.3 Å². The van der Waals surface area contributed by atoms with Crippen molar-refractivity contribution in [2.45, 2.75) is 12.8 Å². The van der Waals surface area contributed by atoms with E-state index in [4.69, 9.17) is 0 Å². The van der Waals surface area contributed by atoms with E-state index in [2.05, 4.69) is 19.1 Å². The molecular weight excluding hydrogens is 162 g/mol. The fraction of sp³-hybridized carbons (Fsp3) is 0.364. The SMILES string of the molecule is CC(CN(C)C=O)c1ccccc1. The number of hydrogen-bond donors (Lipinski definition) is 0. The van der Waals surface area contributed by atoms with E-state index in [9.17, 15) is 4.79 Å². The molecule has 0 spiro atoms. The van der Waals surface area contributed by atoms with Gasteiger partial charge in [-0.2, -0.15) is 0 Å². The first kappa shape index (κ1) is 9.78. The Balaban J connectivity index is 2.58. The average molecular weight is 177 g/mol. The fourth-order valence-electron chi connectivity index (χ4n) is 1.36. The van der Waals surface area contributed by atoms with Gasteiger partial charge in [0.25, 0.3) is 0 Å². The lowest BCUT2D eigenvalue weighted by molar-refractivity contribution is -0.117. The van der Waals surface area contributed by atoms with Gasteiger partial charge in [0.15, 0.2) is 0 Å². The van der Waals surface area contributed by atoms with Gasteiger partial charge in [0.1, 0.15) is 0 Å². The number of rotatable bonds is 4. The number of benzene rings is 1. The Hall–Kier alpha value is -1.31. The summed E-state index contributed by atoms with van der Waals surface area (Å²) in [6.45, 7) is 2.89. The van der Waals surface area contributed by atoms with Crippen LogP contribution in [0.4, 0.5) is 0 Å². The molecule has 1 aromatic carbocycles. The second kappa shape index (κ2) is 4.65. The van der Waals surface area contributed by atoms with Crippen LogP contribution in [0, 0.1) is 0 Å². The number of likely N-dealkylation sites (N-methyl/N-ethyl adjacent to an activating group) is 1. The minimum absolute atomic E-state index is 0.399. The summed E-state index contributed by atoms with van der Waals surface area (Å²) >= 11 is 0. The summed E-state index contributed by atoms with van der Waals surface area (Å²) in [5, 5.41) is 0. The quantitative estimate of drug-likeness (QED) is 0.643. The summed E-state index contributed by atoms with van der Waals surface area (Å²) in [7, 11) is 1.80. The molecular formula is C11H15NO. The molecule has 0 saturated heterocycles. The van der Waals surface area contributed by atoms with Crippen molar-refractivity contribution in [3.63, 3.8) is 0 Å². The molecule has 70 valence electrons. The van der Waals surface area contributed by atoms with Crippen molar-refractivity contribution in [2.75, 3.05) is 13.6 Å². The van der Waals surface area contributed by atoms with Gasteiger partial charge in [-0.05, 0) is 11.5 Å². The lowest BCUT2D eigenvalue weighted by Crippen LogP contribution is -2.21. The maximum Gasteiger partial charge on any atom is 0.209 e. The first-order valence-electron chi connectivity index (χ1n) is 4.44. The van der Waals surface area contributed by atoms with Crippen molar-refractivity contribution < 1.29 is 4.79 Å². The highest BCUT2D eigenvalue weighted by atomic mass is 16.1. The van der Waals surface area contributed by atoms with Crippen LogP contribution in [-0.2, 0) is 4.79 Å². The first-order chi connectivity index (χ1) is 6.24. The molecule has 0 bridgehead atoms. The lowest BCUT2D eigenvalue weighted by atomic mass is 10.0. The highest BCUT2D eigenvalue weighted by Gasteiger charge is 2.06. The topological polar surface area (TPSA) is 20.3 Å². The highest BCUT2D eigenvalue weighted by Crippen LogP contribution is 2.14. The summed E-state index contributed by atoms with van der Waals surface area (Å²) in [4.78, 5) is 12.1. The smallest absolute Gasteiger partial charge is 0.209 e. The molecule has 1 atom stereocenters. The predicted molar refractivity (Wildman–Crippen MR) is 53.6 cm³/mol. The fourth-order valence-corrected chi connectivity index (χ4v) is 1.36. The molecule has 0 heterocycles. The normalized spacial score (nSPS) is 12.2. The van der Waals surface area contributed by atoms with Crippen LogP contribution in [0.1, 0.15) is 18.4 Å². The standard InChI is InChI=1S/C11H15NO/c1-10(8-12(2)9-13)11-6-4-3-5-7-11/h3-7,9-10H,8H2,1-2H3. The number of carbonyl (C=O) groups is 1. The molecule has 0 radical (unpaired) electrons. The summed E-state index contributed by atoms with van der Waals surface area (Å²) in [5.74, 6) is 0.399. The predicted octanol–water partition coefficient (Wildman–Crippen LogP) is 1.88. The van der Waals surface area contributed by atoms with Crippen molar-refractivity contribution in [3.8, 4) is 0 Å². The molecule has 2 heteroatoms. The molecule has 1 rings (SSSR count). The molecule has 1 aromatic rings. The van der Waals surface area contributed by atoms with E-state index in [1.165, 1.54) is 5.56 Å². The number of nitrogens with zero attached hydrogens (tertiary/aromatic N) is 1. The van der Waals surface area contributed by atoms with Crippen molar-refractivity contribution >= 4 is 6.41 Å². The van der Waals surface area contributed by atoms with Crippen LogP contribution in [0.5, 0.6) is 0 Å². The second-order valence-electron chi connectivity index (χ2n) is 3.36. The maximum atomic E-state index is 10.4. The van der Waals surface area contributed by atoms with Gasteiger partial charge in [0.05, 0.1) is 0 Å². The third kappa shape index (κ3) is 2.90. The number of amides is 1. The van der Waals surface area contributed by atoms with Crippen molar-refractivity contribution in [3.05, 3.63) is 35.9 Å². The van der Waals surface area contributed by atoms with Crippen molar-refractivity contribution in [2.24, 2.45) is 0 Å². The number of hydrogen-bond acceptors (Lipinski definition) is 1. The Labute approximate surface area is 79.2 Å². The van der Waals surface area contributed by atoms with Gasteiger partial charge in [-0.25, -0.2) is 0 Å². The summed E-state index contributed by atoms with van der Waals surface area (Å²) in [5.41, 5.74) is 1.27. The van der Waals surface area contributed by atoms with Crippen LogP contribution >= 0.6 is 0 Å². The van der Waals surface area contributed by atoms with Crippen LogP contribution in [0.25, 0.3) is 0 Å².